The molecule has 10 heteroatoms. The third kappa shape index (κ3) is 7.61. The number of guanidine groups is 1. The first kappa shape index (κ1) is 23.0. The number of aromatic nitrogens is 1. The highest BCUT2D eigenvalue weighted by Gasteiger charge is 2.31. The molecule has 0 saturated heterocycles. The number of hydrogen-bond acceptors (Lipinski definition) is 4. The number of rotatable bonds is 7. The molecule has 162 valence electrons. The topological polar surface area (TPSA) is 102 Å². The Morgan fingerprint density at radius 1 is 1.30 bits per heavy atom. The summed E-state index contributed by atoms with van der Waals surface area (Å²) in [5.74, 6) is -0.315. The van der Waals surface area contributed by atoms with E-state index in [2.05, 4.69) is 25.3 Å². The van der Waals surface area contributed by atoms with Crippen LogP contribution in [0.15, 0.2) is 41.7 Å². The lowest BCUT2D eigenvalue weighted by atomic mass is 10.1. The predicted molar refractivity (Wildman–Crippen MR) is 108 cm³/mol. The number of ether oxygens (including phenoxy) is 1. The van der Waals surface area contributed by atoms with E-state index in [1.54, 1.807) is 13.0 Å². The van der Waals surface area contributed by atoms with Crippen LogP contribution in [0.4, 0.5) is 18.9 Å². The largest absolute Gasteiger partial charge is 0.573 e. The van der Waals surface area contributed by atoms with Gasteiger partial charge in [0, 0.05) is 19.3 Å². The molecular weight excluding hydrogens is 399 g/mol. The van der Waals surface area contributed by atoms with Gasteiger partial charge in [0.1, 0.15) is 5.75 Å². The number of amides is 1. The van der Waals surface area contributed by atoms with E-state index in [1.165, 1.54) is 30.6 Å². The predicted octanol–water partition coefficient (Wildman–Crippen LogP) is 3.60. The highest BCUT2D eigenvalue weighted by molar-refractivity contribution is 6.03. The minimum Gasteiger partial charge on any atom is -0.406 e. The van der Waals surface area contributed by atoms with E-state index in [0.29, 0.717) is 29.3 Å². The Balaban J connectivity index is 2.10. The molecule has 1 aromatic heterocycles. The van der Waals surface area contributed by atoms with E-state index in [4.69, 9.17) is 5.73 Å². The lowest BCUT2D eigenvalue weighted by Gasteiger charge is -2.13. The Hall–Kier alpha value is -3.30. The van der Waals surface area contributed by atoms with E-state index in [0.717, 1.165) is 0 Å². The molecule has 0 unspecified atom stereocenters. The van der Waals surface area contributed by atoms with Crippen LogP contribution in [0.3, 0.4) is 0 Å². The fourth-order valence-corrected chi connectivity index (χ4v) is 2.55. The van der Waals surface area contributed by atoms with Crippen LogP contribution < -0.4 is 21.1 Å². The zero-order valence-corrected chi connectivity index (χ0v) is 16.9. The second-order valence-electron chi connectivity index (χ2n) is 7.05. The van der Waals surface area contributed by atoms with Crippen molar-refractivity contribution in [1.29, 1.82) is 0 Å². The first-order valence-electron chi connectivity index (χ1n) is 9.19. The molecule has 1 aromatic carbocycles. The number of nitrogens with zero attached hydrogens (tertiary/aromatic N) is 2. The smallest absolute Gasteiger partial charge is 0.406 e. The summed E-state index contributed by atoms with van der Waals surface area (Å²) in [5, 5.41) is 5.52. The molecular formula is C20H24F3N5O2. The van der Waals surface area contributed by atoms with Gasteiger partial charge < -0.3 is 21.1 Å². The Morgan fingerprint density at radius 2 is 2.03 bits per heavy atom. The molecule has 0 aliphatic carbocycles. The number of alkyl halides is 3. The molecule has 0 saturated carbocycles. The summed E-state index contributed by atoms with van der Waals surface area (Å²) < 4.78 is 41.3. The van der Waals surface area contributed by atoms with E-state index in [-0.39, 0.29) is 23.8 Å². The number of benzene rings is 1. The van der Waals surface area contributed by atoms with Crippen LogP contribution in [0.5, 0.6) is 5.75 Å². The molecule has 0 atom stereocenters. The van der Waals surface area contributed by atoms with Crippen molar-refractivity contribution >= 4 is 17.6 Å². The number of aryl methyl sites for hydroxylation is 1. The van der Waals surface area contributed by atoms with Gasteiger partial charge in [-0.3, -0.25) is 14.8 Å². The standard InChI is InChI=1S/C20H24F3N5O2/c1-12(2)9-27-19(24)28-17-11-25-5-4-16(17)18(29)26-10-14-6-13(3)7-15(8-14)30-20(21,22)23/h4-8,11-12H,9-10H2,1-3H3,(H,26,29)(H3,24,27,28). The summed E-state index contributed by atoms with van der Waals surface area (Å²) in [6.07, 6.45) is -1.90. The minimum atomic E-state index is -4.79. The van der Waals surface area contributed by atoms with Crippen molar-refractivity contribution in [2.75, 3.05) is 11.9 Å². The number of nitrogens with one attached hydrogen (secondary N) is 2. The third-order valence-corrected chi connectivity index (χ3v) is 3.75. The molecule has 30 heavy (non-hydrogen) atoms. The maximum atomic E-state index is 12.6. The van der Waals surface area contributed by atoms with Gasteiger partial charge in [-0.2, -0.15) is 0 Å². The zero-order chi connectivity index (χ0) is 22.3. The van der Waals surface area contributed by atoms with Crippen molar-refractivity contribution in [3.63, 3.8) is 0 Å². The first-order valence-corrected chi connectivity index (χ1v) is 9.19. The lowest BCUT2D eigenvalue weighted by molar-refractivity contribution is -0.274. The van der Waals surface area contributed by atoms with Gasteiger partial charge in [0.15, 0.2) is 5.96 Å². The summed E-state index contributed by atoms with van der Waals surface area (Å²) >= 11 is 0. The third-order valence-electron chi connectivity index (χ3n) is 3.75. The molecule has 0 bridgehead atoms. The average Bonchev–Trinajstić information content (AvgIpc) is 2.63. The molecule has 0 fully saturated rings. The average molecular weight is 423 g/mol. The molecule has 0 aliphatic heterocycles. The maximum absolute atomic E-state index is 12.6. The molecule has 1 heterocycles. The van der Waals surface area contributed by atoms with Gasteiger partial charge in [0.05, 0.1) is 17.4 Å². The summed E-state index contributed by atoms with van der Waals surface area (Å²) in [6, 6.07) is 5.65. The van der Waals surface area contributed by atoms with Gasteiger partial charge in [-0.05, 0) is 42.2 Å². The second kappa shape index (κ2) is 9.95. The Labute approximate surface area is 172 Å². The number of carbonyl (C=O) groups is 1. The van der Waals surface area contributed by atoms with Crippen molar-refractivity contribution in [2.24, 2.45) is 16.6 Å². The second-order valence-corrected chi connectivity index (χ2v) is 7.05. The molecule has 0 radical (unpaired) electrons. The fourth-order valence-electron chi connectivity index (χ4n) is 2.55. The maximum Gasteiger partial charge on any atom is 0.573 e. The van der Waals surface area contributed by atoms with Crippen molar-refractivity contribution < 1.29 is 22.7 Å². The van der Waals surface area contributed by atoms with Gasteiger partial charge >= 0.3 is 6.36 Å². The number of nitrogens with two attached hydrogens (primary N) is 1. The van der Waals surface area contributed by atoms with E-state index in [9.17, 15) is 18.0 Å². The van der Waals surface area contributed by atoms with Crippen LogP contribution in [0.2, 0.25) is 0 Å². The number of carbonyl (C=O) groups excluding carboxylic acids is 1. The highest BCUT2D eigenvalue weighted by atomic mass is 19.4. The quantitative estimate of drug-likeness (QED) is 0.467. The van der Waals surface area contributed by atoms with Gasteiger partial charge in [-0.1, -0.05) is 19.9 Å². The van der Waals surface area contributed by atoms with Crippen LogP contribution in [0, 0.1) is 12.8 Å². The number of pyridine rings is 1. The van der Waals surface area contributed by atoms with Crippen LogP contribution in [0.25, 0.3) is 0 Å². The van der Waals surface area contributed by atoms with Gasteiger partial charge in [0.2, 0.25) is 0 Å². The van der Waals surface area contributed by atoms with Gasteiger partial charge in [-0.25, -0.2) is 0 Å². The van der Waals surface area contributed by atoms with Crippen LogP contribution in [0.1, 0.15) is 35.3 Å². The van der Waals surface area contributed by atoms with E-state index in [1.807, 2.05) is 13.8 Å². The van der Waals surface area contributed by atoms with E-state index >= 15 is 0 Å². The summed E-state index contributed by atoms with van der Waals surface area (Å²) in [5.41, 5.74) is 7.51. The highest BCUT2D eigenvalue weighted by Crippen LogP contribution is 2.25. The first-order chi connectivity index (χ1) is 14.0. The zero-order valence-electron chi connectivity index (χ0n) is 16.9. The van der Waals surface area contributed by atoms with Crippen LogP contribution >= 0.6 is 0 Å². The number of halogens is 3. The molecule has 2 aromatic rings. The number of hydrogen-bond donors (Lipinski definition) is 3. The van der Waals surface area contributed by atoms with Crippen LogP contribution in [-0.4, -0.2) is 29.8 Å². The fraction of sp³-hybridized carbons (Fsp3) is 0.350. The Bertz CT molecular complexity index is 914. The number of anilines is 1. The molecule has 1 amide bonds. The SMILES string of the molecule is Cc1cc(CNC(=O)c2ccncc2NC(N)=NCC(C)C)cc(OC(F)(F)F)c1. The molecule has 4 N–H and O–H groups in total. The Kier molecular flexibility index (Phi) is 7.62. The Morgan fingerprint density at radius 3 is 2.70 bits per heavy atom. The molecule has 0 aliphatic rings. The molecule has 0 spiro atoms. The molecule has 2 rings (SSSR count). The van der Waals surface area contributed by atoms with Gasteiger partial charge in [0.25, 0.3) is 5.91 Å². The van der Waals surface area contributed by atoms with E-state index < -0.39 is 12.3 Å². The normalized spacial score (nSPS) is 12.0. The van der Waals surface area contributed by atoms with Crippen molar-refractivity contribution in [3.8, 4) is 5.75 Å². The van der Waals surface area contributed by atoms with Gasteiger partial charge in [-0.15, -0.1) is 13.2 Å². The monoisotopic (exact) mass is 423 g/mol. The summed E-state index contributed by atoms with van der Waals surface area (Å²) in [7, 11) is 0. The van der Waals surface area contributed by atoms with Crippen molar-refractivity contribution in [2.45, 2.75) is 33.7 Å². The molecule has 7 nitrogen and oxygen atoms in total. The minimum absolute atomic E-state index is 0.00736. The summed E-state index contributed by atoms with van der Waals surface area (Å²) in [6.45, 7) is 6.16. The number of aliphatic imine (C=N–C) groups is 1. The van der Waals surface area contributed by atoms with Crippen molar-refractivity contribution in [3.05, 3.63) is 53.3 Å². The summed E-state index contributed by atoms with van der Waals surface area (Å²) in [4.78, 5) is 20.8. The van der Waals surface area contributed by atoms with Crippen molar-refractivity contribution in [1.82, 2.24) is 10.3 Å². The van der Waals surface area contributed by atoms with Crippen LogP contribution in [-0.2, 0) is 6.54 Å². The lowest BCUT2D eigenvalue weighted by Crippen LogP contribution is -2.28.